The summed E-state index contributed by atoms with van der Waals surface area (Å²) in [4.78, 5) is 16.2. The Morgan fingerprint density at radius 1 is 1.22 bits per heavy atom. The molecule has 0 aliphatic rings. The molecule has 92 valence electrons. The van der Waals surface area contributed by atoms with Gasteiger partial charge in [0.15, 0.2) is 5.78 Å². The number of aromatic nitrogens is 1. The number of benzene rings is 1. The summed E-state index contributed by atoms with van der Waals surface area (Å²) in [5, 5.41) is 0. The van der Waals surface area contributed by atoms with Gasteiger partial charge >= 0.3 is 0 Å². The number of hydrogen-bond acceptors (Lipinski definition) is 3. The van der Waals surface area contributed by atoms with Crippen molar-refractivity contribution in [3.8, 4) is 5.75 Å². The van der Waals surface area contributed by atoms with Crippen LogP contribution in [-0.4, -0.2) is 17.9 Å². The summed E-state index contributed by atoms with van der Waals surface area (Å²) < 4.78 is 5.23. The van der Waals surface area contributed by atoms with Crippen LogP contribution in [0.4, 0.5) is 0 Å². The molecule has 0 fully saturated rings. The van der Waals surface area contributed by atoms with Gasteiger partial charge in [-0.05, 0) is 25.1 Å². The number of nitrogens with zero attached hydrogens (tertiary/aromatic N) is 1. The van der Waals surface area contributed by atoms with Crippen LogP contribution in [0.1, 0.15) is 21.6 Å². The molecule has 1 heterocycles. The third-order valence-electron chi connectivity index (χ3n) is 2.78. The van der Waals surface area contributed by atoms with Crippen LogP contribution in [0.2, 0.25) is 0 Å². The van der Waals surface area contributed by atoms with Gasteiger partial charge in [-0.3, -0.25) is 9.78 Å². The second-order valence-corrected chi connectivity index (χ2v) is 4.10. The molecular formula is C15H15NO2. The van der Waals surface area contributed by atoms with Gasteiger partial charge in [-0.1, -0.05) is 18.2 Å². The molecule has 0 N–H and O–H groups in total. The first-order valence-corrected chi connectivity index (χ1v) is 5.78. The Balaban J connectivity index is 2.18. The van der Waals surface area contributed by atoms with Gasteiger partial charge in [0.1, 0.15) is 5.75 Å². The molecule has 0 unspecified atom stereocenters. The molecule has 18 heavy (non-hydrogen) atoms. The third-order valence-corrected chi connectivity index (χ3v) is 2.78. The van der Waals surface area contributed by atoms with Crippen LogP contribution in [0, 0.1) is 6.92 Å². The highest BCUT2D eigenvalue weighted by molar-refractivity contribution is 5.97. The van der Waals surface area contributed by atoms with Gasteiger partial charge in [-0.25, -0.2) is 0 Å². The SMILES string of the molecule is COc1ccccc1CC(=O)c1ccc(C)nc1. The fourth-order valence-corrected chi connectivity index (χ4v) is 1.76. The van der Waals surface area contributed by atoms with Crippen LogP contribution in [0.15, 0.2) is 42.6 Å². The zero-order valence-electron chi connectivity index (χ0n) is 10.5. The molecule has 0 aliphatic carbocycles. The number of ether oxygens (including phenoxy) is 1. The number of carbonyl (C=O) groups is 1. The number of hydrogen-bond donors (Lipinski definition) is 0. The summed E-state index contributed by atoms with van der Waals surface area (Å²) in [7, 11) is 1.61. The number of methoxy groups -OCH3 is 1. The average Bonchev–Trinajstić information content (AvgIpc) is 2.40. The number of rotatable bonds is 4. The quantitative estimate of drug-likeness (QED) is 0.773. The number of pyridine rings is 1. The molecule has 1 aromatic heterocycles. The van der Waals surface area contributed by atoms with E-state index in [1.807, 2.05) is 37.3 Å². The Morgan fingerprint density at radius 2 is 2.00 bits per heavy atom. The zero-order chi connectivity index (χ0) is 13.0. The largest absolute Gasteiger partial charge is 0.496 e. The Labute approximate surface area is 106 Å². The van der Waals surface area contributed by atoms with Gasteiger partial charge in [0.25, 0.3) is 0 Å². The maximum Gasteiger partial charge on any atom is 0.168 e. The standard InChI is InChI=1S/C15H15NO2/c1-11-7-8-13(10-16-11)14(17)9-12-5-3-4-6-15(12)18-2/h3-8,10H,9H2,1-2H3. The minimum Gasteiger partial charge on any atom is -0.496 e. The first kappa shape index (κ1) is 12.3. The van der Waals surface area contributed by atoms with Gasteiger partial charge in [0.05, 0.1) is 7.11 Å². The Kier molecular flexibility index (Phi) is 3.72. The molecule has 0 bridgehead atoms. The lowest BCUT2D eigenvalue weighted by molar-refractivity contribution is 0.0991. The summed E-state index contributed by atoms with van der Waals surface area (Å²) in [5.74, 6) is 0.790. The van der Waals surface area contributed by atoms with Crippen LogP contribution >= 0.6 is 0 Å². The van der Waals surface area contributed by atoms with E-state index in [0.717, 1.165) is 17.0 Å². The minimum atomic E-state index is 0.0481. The molecule has 0 aliphatic heterocycles. The second-order valence-electron chi connectivity index (χ2n) is 4.10. The lowest BCUT2D eigenvalue weighted by Crippen LogP contribution is -2.05. The molecule has 0 saturated carbocycles. The smallest absolute Gasteiger partial charge is 0.168 e. The summed E-state index contributed by atoms with van der Waals surface area (Å²) in [6, 6.07) is 11.2. The van der Waals surface area contributed by atoms with E-state index >= 15 is 0 Å². The van der Waals surface area contributed by atoms with Crippen LogP contribution < -0.4 is 4.74 Å². The van der Waals surface area contributed by atoms with E-state index in [1.165, 1.54) is 0 Å². The van der Waals surface area contributed by atoms with Crippen LogP contribution in [-0.2, 0) is 6.42 Å². The summed E-state index contributed by atoms with van der Waals surface area (Å²) in [6.07, 6.45) is 1.95. The Bertz CT molecular complexity index is 547. The molecule has 0 amide bonds. The van der Waals surface area contributed by atoms with Crippen molar-refractivity contribution in [3.63, 3.8) is 0 Å². The zero-order valence-corrected chi connectivity index (χ0v) is 10.5. The van der Waals surface area contributed by atoms with E-state index < -0.39 is 0 Å². The molecule has 2 rings (SSSR count). The number of para-hydroxylation sites is 1. The lowest BCUT2D eigenvalue weighted by atomic mass is 10.0. The third kappa shape index (κ3) is 2.74. The summed E-state index contributed by atoms with van der Waals surface area (Å²) in [6.45, 7) is 1.90. The minimum absolute atomic E-state index is 0.0481. The van der Waals surface area contributed by atoms with Crippen molar-refractivity contribution in [2.45, 2.75) is 13.3 Å². The van der Waals surface area contributed by atoms with Crippen molar-refractivity contribution in [1.82, 2.24) is 4.98 Å². The van der Waals surface area contributed by atoms with Crippen LogP contribution in [0.5, 0.6) is 5.75 Å². The fourth-order valence-electron chi connectivity index (χ4n) is 1.76. The van der Waals surface area contributed by atoms with Crippen LogP contribution in [0.25, 0.3) is 0 Å². The van der Waals surface area contributed by atoms with E-state index in [0.29, 0.717) is 12.0 Å². The predicted molar refractivity (Wildman–Crippen MR) is 70.0 cm³/mol. The lowest BCUT2D eigenvalue weighted by Gasteiger charge is -2.07. The van der Waals surface area contributed by atoms with Crippen molar-refractivity contribution in [2.24, 2.45) is 0 Å². The van der Waals surface area contributed by atoms with E-state index in [1.54, 1.807) is 19.4 Å². The molecule has 0 spiro atoms. The monoisotopic (exact) mass is 241 g/mol. The van der Waals surface area contributed by atoms with Gasteiger partial charge in [-0.2, -0.15) is 0 Å². The molecular weight excluding hydrogens is 226 g/mol. The summed E-state index contributed by atoms with van der Waals surface area (Å²) in [5.41, 5.74) is 2.43. The Hall–Kier alpha value is -2.16. The van der Waals surface area contributed by atoms with Gasteiger partial charge in [-0.15, -0.1) is 0 Å². The number of aryl methyl sites for hydroxylation is 1. The van der Waals surface area contributed by atoms with Crippen molar-refractivity contribution in [3.05, 3.63) is 59.4 Å². The maximum atomic E-state index is 12.1. The normalized spacial score (nSPS) is 10.1. The fraction of sp³-hybridized carbons (Fsp3) is 0.200. The highest BCUT2D eigenvalue weighted by atomic mass is 16.5. The molecule has 1 aromatic carbocycles. The number of carbonyl (C=O) groups excluding carboxylic acids is 1. The topological polar surface area (TPSA) is 39.2 Å². The number of Topliss-reactive ketones (excluding diaryl/α,β-unsaturated/α-hetero) is 1. The second kappa shape index (κ2) is 5.45. The number of ketones is 1. The predicted octanol–water partition coefficient (Wildman–Crippen LogP) is 2.82. The maximum absolute atomic E-state index is 12.1. The highest BCUT2D eigenvalue weighted by Gasteiger charge is 2.10. The van der Waals surface area contributed by atoms with E-state index in [2.05, 4.69) is 4.98 Å². The first-order chi connectivity index (χ1) is 8.70. The molecule has 3 nitrogen and oxygen atoms in total. The molecule has 3 heteroatoms. The van der Waals surface area contributed by atoms with E-state index in [4.69, 9.17) is 4.74 Å². The van der Waals surface area contributed by atoms with Gasteiger partial charge < -0.3 is 4.74 Å². The molecule has 0 atom stereocenters. The van der Waals surface area contributed by atoms with Gasteiger partial charge in [0.2, 0.25) is 0 Å². The first-order valence-electron chi connectivity index (χ1n) is 5.78. The van der Waals surface area contributed by atoms with Crippen molar-refractivity contribution < 1.29 is 9.53 Å². The van der Waals surface area contributed by atoms with Crippen molar-refractivity contribution >= 4 is 5.78 Å². The van der Waals surface area contributed by atoms with E-state index in [-0.39, 0.29) is 5.78 Å². The average molecular weight is 241 g/mol. The van der Waals surface area contributed by atoms with Crippen molar-refractivity contribution in [1.29, 1.82) is 0 Å². The Morgan fingerprint density at radius 3 is 2.67 bits per heavy atom. The molecule has 0 radical (unpaired) electrons. The highest BCUT2D eigenvalue weighted by Crippen LogP contribution is 2.19. The molecule has 2 aromatic rings. The molecule has 0 saturated heterocycles. The van der Waals surface area contributed by atoms with Crippen LogP contribution in [0.3, 0.4) is 0 Å². The summed E-state index contributed by atoms with van der Waals surface area (Å²) >= 11 is 0. The van der Waals surface area contributed by atoms with E-state index in [9.17, 15) is 4.79 Å². The van der Waals surface area contributed by atoms with Crippen molar-refractivity contribution in [2.75, 3.05) is 7.11 Å². The van der Waals surface area contributed by atoms with Gasteiger partial charge in [0, 0.05) is 29.4 Å².